The third-order valence-electron chi connectivity index (χ3n) is 4.65. The van der Waals surface area contributed by atoms with Gasteiger partial charge in [0.2, 0.25) is 17.7 Å². The Labute approximate surface area is 205 Å². The van der Waals surface area contributed by atoms with E-state index in [9.17, 15) is 14.4 Å². The summed E-state index contributed by atoms with van der Waals surface area (Å²) >= 11 is 0. The molecule has 0 bridgehead atoms. The maximum absolute atomic E-state index is 12.2. The Bertz CT molecular complexity index is 690. The summed E-state index contributed by atoms with van der Waals surface area (Å²) in [6.45, 7) is 12.5. The summed E-state index contributed by atoms with van der Waals surface area (Å²) in [5.74, 6) is -1.15. The van der Waals surface area contributed by atoms with Crippen molar-refractivity contribution in [3.8, 4) is 0 Å². The highest BCUT2D eigenvalue weighted by atomic mass is 16.5. The van der Waals surface area contributed by atoms with Crippen LogP contribution in [0.5, 0.6) is 0 Å². The predicted molar refractivity (Wildman–Crippen MR) is 136 cm³/mol. The van der Waals surface area contributed by atoms with Crippen LogP contribution in [0.4, 0.5) is 0 Å². The number of aliphatic hydroxyl groups is 1. The van der Waals surface area contributed by atoms with E-state index in [0.717, 1.165) is 31.6 Å². The Morgan fingerprint density at radius 2 is 1.65 bits per heavy atom. The predicted octanol–water partition coefficient (Wildman–Crippen LogP) is 3.37. The second-order valence-corrected chi connectivity index (χ2v) is 8.69. The molecule has 0 fully saturated rings. The lowest BCUT2D eigenvalue weighted by atomic mass is 9.78. The first-order valence-corrected chi connectivity index (χ1v) is 12.3. The van der Waals surface area contributed by atoms with Gasteiger partial charge in [-0.3, -0.25) is 19.6 Å². The van der Waals surface area contributed by atoms with E-state index in [4.69, 9.17) is 16.0 Å². The first kappa shape index (κ1) is 33.7. The van der Waals surface area contributed by atoms with Gasteiger partial charge < -0.3 is 16.2 Å². The van der Waals surface area contributed by atoms with Gasteiger partial charge in [0.25, 0.3) is 0 Å². The summed E-state index contributed by atoms with van der Waals surface area (Å²) < 4.78 is 0. The topological polar surface area (TPSA) is 142 Å². The number of fused-ring (bicyclic) bond motifs is 1. The molecule has 0 aromatic heterocycles. The Balaban J connectivity index is 0. The minimum atomic E-state index is -0.639. The average molecular weight is 482 g/mol. The molecule has 1 aliphatic rings. The molecule has 0 saturated heterocycles. The molecule has 0 radical (unpaired) electrons. The summed E-state index contributed by atoms with van der Waals surface area (Å²) in [6, 6.07) is 8.22. The first-order valence-electron chi connectivity index (χ1n) is 12.3. The van der Waals surface area contributed by atoms with Crippen molar-refractivity contribution in [3.63, 3.8) is 0 Å². The Morgan fingerprint density at radius 3 is 2.12 bits per heavy atom. The van der Waals surface area contributed by atoms with Crippen molar-refractivity contribution in [2.75, 3.05) is 13.2 Å². The minimum Gasteiger partial charge on any atom is -0.396 e. The fraction of sp³-hybridized carbons (Fsp3) is 0.654. The van der Waals surface area contributed by atoms with Gasteiger partial charge in [-0.15, -0.1) is 0 Å². The van der Waals surface area contributed by atoms with Gasteiger partial charge in [-0.25, -0.2) is 5.48 Å². The molecule has 0 spiro atoms. The second-order valence-electron chi connectivity index (χ2n) is 8.69. The molecule has 1 aromatic rings. The smallest absolute Gasteiger partial charge is 0.244 e. The van der Waals surface area contributed by atoms with Gasteiger partial charge in [-0.1, -0.05) is 65.8 Å². The van der Waals surface area contributed by atoms with Crippen LogP contribution in [0.25, 0.3) is 0 Å². The van der Waals surface area contributed by atoms with E-state index >= 15 is 0 Å². The van der Waals surface area contributed by atoms with Gasteiger partial charge >= 0.3 is 0 Å². The van der Waals surface area contributed by atoms with E-state index in [-0.39, 0.29) is 18.9 Å². The number of aliphatic hydroxyl groups excluding tert-OH is 1. The third-order valence-corrected chi connectivity index (χ3v) is 4.65. The maximum Gasteiger partial charge on any atom is 0.244 e. The van der Waals surface area contributed by atoms with Gasteiger partial charge in [0.15, 0.2) is 0 Å². The molecule has 2 rings (SSSR count). The van der Waals surface area contributed by atoms with Crippen molar-refractivity contribution in [2.45, 2.75) is 80.1 Å². The van der Waals surface area contributed by atoms with Crippen LogP contribution in [0.2, 0.25) is 0 Å². The largest absolute Gasteiger partial charge is 0.396 e. The molecule has 2 unspecified atom stereocenters. The number of hydrogen-bond acceptors (Lipinski definition) is 5. The van der Waals surface area contributed by atoms with Crippen LogP contribution in [0.3, 0.4) is 0 Å². The minimum absolute atomic E-state index is 0.126. The number of amides is 3. The van der Waals surface area contributed by atoms with Gasteiger partial charge in [-0.2, -0.15) is 0 Å². The van der Waals surface area contributed by atoms with Crippen LogP contribution in [0.15, 0.2) is 24.3 Å². The first-order chi connectivity index (χ1) is 16.1. The van der Waals surface area contributed by atoms with Crippen LogP contribution < -0.4 is 16.5 Å². The van der Waals surface area contributed by atoms with Gasteiger partial charge in [0.1, 0.15) is 0 Å². The highest BCUT2D eigenvalue weighted by Gasteiger charge is 2.28. The van der Waals surface area contributed by atoms with E-state index in [1.165, 1.54) is 11.1 Å². The lowest BCUT2D eigenvalue weighted by Crippen LogP contribution is -2.40. The number of carbonyl (C=O) groups excluding carboxylic acids is 3. The fourth-order valence-corrected chi connectivity index (χ4v) is 3.25. The summed E-state index contributed by atoms with van der Waals surface area (Å²) in [7, 11) is 0. The van der Waals surface area contributed by atoms with Crippen LogP contribution >= 0.6 is 0 Å². The van der Waals surface area contributed by atoms with E-state index in [0.29, 0.717) is 13.0 Å². The molecule has 196 valence electrons. The monoisotopic (exact) mass is 481 g/mol. The average Bonchev–Trinajstić information content (AvgIpc) is 2.83. The Hall–Kier alpha value is -2.45. The van der Waals surface area contributed by atoms with Crippen molar-refractivity contribution < 1.29 is 24.7 Å². The molecule has 0 saturated carbocycles. The number of benzene rings is 1. The van der Waals surface area contributed by atoms with E-state index in [1.54, 1.807) is 5.48 Å². The zero-order chi connectivity index (χ0) is 26.5. The standard InChI is InChI=1S/C17H23N3O4.C4H10.C3H8O.C2H6/c18-15(21)10-19-17(23)14(9-16(22)20-24)8-11-5-6-12-3-1-2-4-13(12)7-11;1-4(2)3;1-2-3-4;1-2/h1-4,11,14,24H,5-10H2,(H2,18,21)(H,19,23)(H,20,22);4H,1-3H3;4H,2-3H2,1H3;1-2H3. The van der Waals surface area contributed by atoms with Crippen LogP contribution in [0, 0.1) is 17.8 Å². The van der Waals surface area contributed by atoms with Crippen molar-refractivity contribution >= 4 is 17.7 Å². The summed E-state index contributed by atoms with van der Waals surface area (Å²) in [5.41, 5.74) is 9.20. The number of nitrogens with one attached hydrogen (secondary N) is 2. The van der Waals surface area contributed by atoms with Crippen molar-refractivity contribution in [3.05, 3.63) is 35.4 Å². The third kappa shape index (κ3) is 17.1. The molecular formula is C26H47N3O5. The summed E-state index contributed by atoms with van der Waals surface area (Å²) in [4.78, 5) is 34.5. The Kier molecular flexibility index (Phi) is 20.9. The number of carbonyl (C=O) groups is 3. The van der Waals surface area contributed by atoms with Crippen LogP contribution in [-0.2, 0) is 27.2 Å². The molecule has 0 heterocycles. The molecule has 3 amide bonds. The Morgan fingerprint density at radius 1 is 1.12 bits per heavy atom. The number of nitrogens with two attached hydrogens (primary N) is 1. The number of primary amides is 1. The zero-order valence-electron chi connectivity index (χ0n) is 21.9. The second kappa shape index (κ2) is 21.1. The van der Waals surface area contributed by atoms with Crippen LogP contribution in [-0.4, -0.2) is 41.2 Å². The van der Waals surface area contributed by atoms with Crippen LogP contribution in [0.1, 0.15) is 78.4 Å². The quantitative estimate of drug-likeness (QED) is 0.286. The van der Waals surface area contributed by atoms with Gasteiger partial charge in [0.05, 0.1) is 6.54 Å². The summed E-state index contributed by atoms with van der Waals surface area (Å²) in [6.07, 6.45) is 4.02. The highest BCUT2D eigenvalue weighted by Crippen LogP contribution is 2.30. The molecule has 1 aromatic carbocycles. The van der Waals surface area contributed by atoms with Crippen molar-refractivity contribution in [1.29, 1.82) is 0 Å². The van der Waals surface area contributed by atoms with E-state index < -0.39 is 23.6 Å². The molecule has 8 nitrogen and oxygen atoms in total. The van der Waals surface area contributed by atoms with Gasteiger partial charge in [0, 0.05) is 18.9 Å². The van der Waals surface area contributed by atoms with E-state index in [1.807, 2.05) is 32.9 Å². The van der Waals surface area contributed by atoms with E-state index in [2.05, 4.69) is 38.2 Å². The molecule has 6 N–H and O–H groups in total. The fourth-order valence-electron chi connectivity index (χ4n) is 3.25. The molecule has 2 atom stereocenters. The number of aryl methyl sites for hydroxylation is 1. The number of hydrogen-bond donors (Lipinski definition) is 5. The SMILES string of the molecule is CC.CC(C)C.CCCO.NC(=O)CNC(=O)C(CC(=O)NO)CC1CCc2ccccc2C1. The zero-order valence-corrected chi connectivity index (χ0v) is 21.9. The van der Waals surface area contributed by atoms with Crippen molar-refractivity contribution in [1.82, 2.24) is 10.8 Å². The lowest BCUT2D eigenvalue weighted by Gasteiger charge is -2.27. The number of rotatable bonds is 8. The van der Waals surface area contributed by atoms with Gasteiger partial charge in [-0.05, 0) is 55.1 Å². The molecule has 0 aliphatic heterocycles. The summed E-state index contributed by atoms with van der Waals surface area (Å²) in [5, 5.41) is 19.0. The molecule has 1 aliphatic carbocycles. The lowest BCUT2D eigenvalue weighted by molar-refractivity contribution is -0.135. The molecular weight excluding hydrogens is 434 g/mol. The highest BCUT2D eigenvalue weighted by molar-refractivity contribution is 5.88. The maximum atomic E-state index is 12.2. The molecule has 8 heteroatoms. The van der Waals surface area contributed by atoms with Crippen molar-refractivity contribution in [2.24, 2.45) is 23.5 Å². The normalized spacial score (nSPS) is 14.4. The molecule has 34 heavy (non-hydrogen) atoms. The number of hydroxylamine groups is 1.